The molecule has 0 spiro atoms. The summed E-state index contributed by atoms with van der Waals surface area (Å²) in [6.45, 7) is 0. The van der Waals surface area contributed by atoms with E-state index in [0.717, 1.165) is 22.6 Å². The number of hydrogen-bond acceptors (Lipinski definition) is 0. The predicted molar refractivity (Wildman–Crippen MR) is 273 cm³/mol. The number of fused-ring (bicyclic) bond motifs is 9. The molecule has 13 aromatic rings. The molecule has 0 aliphatic heterocycles. The average Bonchev–Trinajstić information content (AvgIpc) is 4.02. The molecule has 3 aromatic heterocycles. The van der Waals surface area contributed by atoms with Crippen LogP contribution in [0.1, 0.15) is 0 Å². The third kappa shape index (κ3) is 5.21. The number of nitrogens with zero attached hydrogens (tertiary/aromatic N) is 3. The summed E-state index contributed by atoms with van der Waals surface area (Å²) in [7, 11) is -2.86. The fourth-order valence-electron chi connectivity index (χ4n) is 11.0. The minimum atomic E-state index is -2.86. The van der Waals surface area contributed by atoms with Gasteiger partial charge < -0.3 is 13.7 Å². The van der Waals surface area contributed by atoms with E-state index in [-0.39, 0.29) is 0 Å². The molecule has 0 fully saturated rings. The molecule has 0 saturated heterocycles. The maximum absolute atomic E-state index is 2.86. The van der Waals surface area contributed by atoms with Crippen molar-refractivity contribution in [3.63, 3.8) is 0 Å². The van der Waals surface area contributed by atoms with Crippen LogP contribution in [-0.4, -0.2) is 21.8 Å². The monoisotopic (exact) mass is 831 g/mol. The molecule has 0 bridgehead atoms. The number of benzene rings is 10. The van der Waals surface area contributed by atoms with Gasteiger partial charge >= 0.3 is 0 Å². The van der Waals surface area contributed by atoms with Crippen molar-refractivity contribution in [1.29, 1.82) is 0 Å². The second-order valence-corrected chi connectivity index (χ2v) is 20.6. The lowest BCUT2D eigenvalue weighted by molar-refractivity contribution is 1.13. The Hall–Kier alpha value is -8.18. The highest BCUT2D eigenvalue weighted by Gasteiger charge is 2.41. The van der Waals surface area contributed by atoms with Crippen LogP contribution in [0.5, 0.6) is 0 Å². The van der Waals surface area contributed by atoms with Crippen molar-refractivity contribution in [3.8, 4) is 17.1 Å². The van der Waals surface area contributed by atoms with Crippen molar-refractivity contribution < 1.29 is 0 Å². The van der Waals surface area contributed by atoms with Crippen LogP contribution >= 0.6 is 0 Å². The van der Waals surface area contributed by atoms with Crippen LogP contribution < -0.4 is 20.7 Å². The maximum Gasteiger partial charge on any atom is 0.179 e. The smallest absolute Gasteiger partial charge is 0.179 e. The summed E-state index contributed by atoms with van der Waals surface area (Å²) in [6, 6.07) is 92.4. The molecule has 0 radical (unpaired) electrons. The average molecular weight is 832 g/mol. The lowest BCUT2D eigenvalue weighted by atomic mass is 10.1. The van der Waals surface area contributed by atoms with E-state index < -0.39 is 8.07 Å². The summed E-state index contributed by atoms with van der Waals surface area (Å²) in [5, 5.41) is 12.8. The van der Waals surface area contributed by atoms with Gasteiger partial charge in [-0.05, 0) is 75.3 Å². The minimum Gasteiger partial charge on any atom is -0.309 e. The molecule has 13 rings (SSSR count). The first-order valence-electron chi connectivity index (χ1n) is 22.1. The lowest BCUT2D eigenvalue weighted by Gasteiger charge is -2.34. The fraction of sp³-hybridized carbons (Fsp3) is 0. The third-order valence-electron chi connectivity index (χ3n) is 13.6. The third-order valence-corrected chi connectivity index (χ3v) is 18.3. The Labute approximate surface area is 372 Å². The Bertz CT molecular complexity index is 3690. The highest BCUT2D eigenvalue weighted by molar-refractivity contribution is 7.19. The zero-order chi connectivity index (χ0) is 42.2. The van der Waals surface area contributed by atoms with E-state index in [1.54, 1.807) is 0 Å². The molecular formula is C60H41N3Si. The quantitative estimate of drug-likeness (QED) is 0.112. The summed E-state index contributed by atoms with van der Waals surface area (Å²) in [6.07, 6.45) is 0. The molecular weight excluding hydrogens is 791 g/mol. The van der Waals surface area contributed by atoms with Crippen LogP contribution in [0.2, 0.25) is 0 Å². The Morgan fingerprint density at radius 3 is 1.11 bits per heavy atom. The van der Waals surface area contributed by atoms with Crippen LogP contribution in [0.25, 0.3) is 82.5 Å². The van der Waals surface area contributed by atoms with Gasteiger partial charge in [-0.15, -0.1) is 0 Å². The van der Waals surface area contributed by atoms with Crippen molar-refractivity contribution >= 4 is 94.2 Å². The highest BCUT2D eigenvalue weighted by Crippen LogP contribution is 2.43. The fourth-order valence-corrected chi connectivity index (χ4v) is 15.8. The number of hydrogen-bond donors (Lipinski definition) is 0. The minimum absolute atomic E-state index is 1.13. The molecule has 0 unspecified atom stereocenters. The van der Waals surface area contributed by atoms with Gasteiger partial charge in [-0.25, -0.2) is 0 Å². The second kappa shape index (κ2) is 14.5. The Balaban J connectivity index is 1.19. The molecule has 0 atom stereocenters. The lowest BCUT2D eigenvalue weighted by Crippen LogP contribution is -2.74. The number of para-hydroxylation sites is 5. The van der Waals surface area contributed by atoms with Crippen LogP contribution in [0.4, 0.5) is 0 Å². The first-order chi connectivity index (χ1) is 31.8. The van der Waals surface area contributed by atoms with Gasteiger partial charge in [0.25, 0.3) is 0 Å². The summed E-state index contributed by atoms with van der Waals surface area (Å²) in [4.78, 5) is 0. The largest absolute Gasteiger partial charge is 0.309 e. The molecule has 0 N–H and O–H groups in total. The second-order valence-electron chi connectivity index (χ2n) is 16.8. The molecule has 64 heavy (non-hydrogen) atoms. The van der Waals surface area contributed by atoms with Gasteiger partial charge in [0.15, 0.2) is 8.07 Å². The van der Waals surface area contributed by atoms with Crippen LogP contribution in [0.15, 0.2) is 249 Å². The van der Waals surface area contributed by atoms with Crippen molar-refractivity contribution in [2.75, 3.05) is 0 Å². The standard InChI is InChI=1S/C60H41N3Si/c1-4-22-43(23-5-1)64(44-24-6-2-7-25-44,45-26-8-3-9-27-45)46-28-18-21-42(41-46)61-56-38-20-39-57(62-52-34-14-10-29-47(52)48-30-11-15-35-53(48)62)59(56)51-33-19-40-58(60(51)61)63-54-36-16-12-31-49(54)50-32-13-17-37-55(50)63/h1-41H. The van der Waals surface area contributed by atoms with Crippen molar-refractivity contribution in [2.24, 2.45) is 0 Å². The predicted octanol–water partition coefficient (Wildman–Crippen LogP) is 12.4. The van der Waals surface area contributed by atoms with E-state index in [1.807, 2.05) is 0 Å². The first kappa shape index (κ1) is 36.5. The molecule has 3 nitrogen and oxygen atoms in total. The molecule has 0 saturated carbocycles. The summed E-state index contributed by atoms with van der Waals surface area (Å²) < 4.78 is 7.53. The van der Waals surface area contributed by atoms with Gasteiger partial charge in [-0.3, -0.25) is 0 Å². The molecule has 0 amide bonds. The van der Waals surface area contributed by atoms with Crippen LogP contribution in [0, 0.1) is 0 Å². The van der Waals surface area contributed by atoms with E-state index in [1.165, 1.54) is 80.6 Å². The zero-order valence-electron chi connectivity index (χ0n) is 35.0. The molecule has 10 aromatic carbocycles. The van der Waals surface area contributed by atoms with Gasteiger partial charge in [-0.2, -0.15) is 0 Å². The zero-order valence-corrected chi connectivity index (χ0v) is 36.0. The molecule has 4 heteroatoms. The van der Waals surface area contributed by atoms with E-state index in [0.29, 0.717) is 0 Å². The van der Waals surface area contributed by atoms with Crippen molar-refractivity contribution in [2.45, 2.75) is 0 Å². The van der Waals surface area contributed by atoms with Gasteiger partial charge in [0.05, 0.1) is 44.5 Å². The maximum atomic E-state index is 2.56. The Morgan fingerprint density at radius 2 is 0.609 bits per heavy atom. The van der Waals surface area contributed by atoms with E-state index in [9.17, 15) is 0 Å². The van der Waals surface area contributed by atoms with Gasteiger partial charge in [0, 0.05) is 38.0 Å². The van der Waals surface area contributed by atoms with Gasteiger partial charge in [0.2, 0.25) is 0 Å². The van der Waals surface area contributed by atoms with Gasteiger partial charge in [-0.1, -0.05) is 194 Å². The Kier molecular flexibility index (Phi) is 8.23. The van der Waals surface area contributed by atoms with Crippen LogP contribution in [-0.2, 0) is 0 Å². The summed E-state index contributed by atoms with van der Waals surface area (Å²) in [5.74, 6) is 0. The molecule has 0 aliphatic carbocycles. The van der Waals surface area contributed by atoms with Crippen molar-refractivity contribution in [1.82, 2.24) is 13.7 Å². The van der Waals surface area contributed by atoms with Gasteiger partial charge in [0.1, 0.15) is 0 Å². The van der Waals surface area contributed by atoms with E-state index >= 15 is 0 Å². The molecule has 300 valence electrons. The van der Waals surface area contributed by atoms with E-state index in [4.69, 9.17) is 0 Å². The van der Waals surface area contributed by atoms with E-state index in [2.05, 4.69) is 262 Å². The number of rotatable bonds is 7. The van der Waals surface area contributed by atoms with Crippen LogP contribution in [0.3, 0.4) is 0 Å². The first-order valence-corrected chi connectivity index (χ1v) is 24.1. The topological polar surface area (TPSA) is 14.8 Å². The number of aromatic nitrogens is 3. The normalized spacial score (nSPS) is 12.1. The SMILES string of the molecule is c1ccc([Si](c2ccccc2)(c2ccccc2)c2cccc(-n3c4cccc(-n5c6ccccc6c6ccccc65)c4c4cccc(-n5c6ccccc6c6ccccc65)c43)c2)cc1. The molecule has 3 heterocycles. The summed E-state index contributed by atoms with van der Waals surface area (Å²) in [5.41, 5.74) is 10.5. The molecule has 0 aliphatic rings. The van der Waals surface area contributed by atoms with Crippen molar-refractivity contribution in [3.05, 3.63) is 249 Å². The Morgan fingerprint density at radius 1 is 0.250 bits per heavy atom. The summed E-state index contributed by atoms with van der Waals surface area (Å²) >= 11 is 0. The highest BCUT2D eigenvalue weighted by atomic mass is 28.3.